The summed E-state index contributed by atoms with van der Waals surface area (Å²) in [4.78, 5) is 38.9. The lowest BCUT2D eigenvalue weighted by Gasteiger charge is -2.35. The summed E-state index contributed by atoms with van der Waals surface area (Å²) in [5.41, 5.74) is 5.97. The third-order valence-electron chi connectivity index (χ3n) is 5.78. The van der Waals surface area contributed by atoms with Crippen LogP contribution in [0.2, 0.25) is 0 Å². The molecule has 0 spiro atoms. The predicted molar refractivity (Wildman–Crippen MR) is 123 cm³/mol. The molecule has 12 heteroatoms. The first-order chi connectivity index (χ1) is 16.2. The Morgan fingerprint density at radius 3 is 2.74 bits per heavy atom. The van der Waals surface area contributed by atoms with E-state index in [0.29, 0.717) is 11.9 Å². The van der Waals surface area contributed by atoms with Gasteiger partial charge in [-0.2, -0.15) is 4.98 Å². The van der Waals surface area contributed by atoms with Gasteiger partial charge in [-0.1, -0.05) is 6.07 Å². The fourth-order valence-corrected chi connectivity index (χ4v) is 4.17. The van der Waals surface area contributed by atoms with Crippen LogP contribution in [0.25, 0.3) is 22.4 Å². The summed E-state index contributed by atoms with van der Waals surface area (Å²) >= 11 is 0. The Bertz CT molecular complexity index is 1300. The van der Waals surface area contributed by atoms with Crippen molar-refractivity contribution in [1.29, 1.82) is 0 Å². The minimum Gasteiger partial charge on any atom is -0.465 e. The SMILES string of the molecule is CC(C)n1c(=O)c(-c2ccc(N)c(F)c2)nc2cnc(N[C@H]3C[C@@H](CF)CN(C(=O)O)C3)nc21. The molecule has 4 rings (SSSR count). The van der Waals surface area contributed by atoms with Gasteiger partial charge in [-0.05, 0) is 32.4 Å². The van der Waals surface area contributed by atoms with Crippen molar-refractivity contribution in [3.8, 4) is 11.3 Å². The van der Waals surface area contributed by atoms with Gasteiger partial charge in [0.25, 0.3) is 5.56 Å². The van der Waals surface area contributed by atoms with Crippen LogP contribution in [0.15, 0.2) is 29.2 Å². The molecule has 180 valence electrons. The zero-order valence-electron chi connectivity index (χ0n) is 18.7. The molecule has 10 nitrogen and oxygen atoms in total. The number of aromatic nitrogens is 4. The molecule has 1 aliphatic heterocycles. The molecular weight excluding hydrogens is 448 g/mol. The van der Waals surface area contributed by atoms with Crippen molar-refractivity contribution in [2.75, 3.05) is 30.8 Å². The maximum absolute atomic E-state index is 14.0. The lowest BCUT2D eigenvalue weighted by molar-refractivity contribution is 0.109. The molecule has 4 N–H and O–H groups in total. The fraction of sp³-hybridized carbons (Fsp3) is 0.409. The molecule has 3 heterocycles. The Balaban J connectivity index is 1.73. The van der Waals surface area contributed by atoms with Crippen LogP contribution in [0.3, 0.4) is 0 Å². The Kier molecular flexibility index (Phi) is 6.31. The Morgan fingerprint density at radius 2 is 2.09 bits per heavy atom. The Hall–Kier alpha value is -3.83. The molecule has 2 aromatic heterocycles. The number of carboxylic acid groups (broad SMARTS) is 1. The largest absolute Gasteiger partial charge is 0.465 e. The minimum absolute atomic E-state index is 0.0352. The molecule has 1 aliphatic rings. The van der Waals surface area contributed by atoms with Crippen molar-refractivity contribution in [3.05, 3.63) is 40.6 Å². The van der Waals surface area contributed by atoms with Gasteiger partial charge in [0.1, 0.15) is 17.0 Å². The van der Waals surface area contributed by atoms with Gasteiger partial charge in [-0.25, -0.2) is 19.2 Å². The number of anilines is 2. The van der Waals surface area contributed by atoms with Crippen LogP contribution in [0.5, 0.6) is 0 Å². The molecule has 0 bridgehead atoms. The second kappa shape index (κ2) is 9.20. The van der Waals surface area contributed by atoms with Crippen molar-refractivity contribution >= 4 is 28.9 Å². The summed E-state index contributed by atoms with van der Waals surface area (Å²) in [6, 6.07) is 3.35. The van der Waals surface area contributed by atoms with Crippen molar-refractivity contribution in [1.82, 2.24) is 24.4 Å². The van der Waals surface area contributed by atoms with Crippen LogP contribution in [0.4, 0.5) is 25.2 Å². The average Bonchev–Trinajstić information content (AvgIpc) is 2.80. The predicted octanol–water partition coefficient (Wildman–Crippen LogP) is 2.91. The van der Waals surface area contributed by atoms with E-state index in [-0.39, 0.29) is 47.7 Å². The normalized spacial score (nSPS) is 18.4. The lowest BCUT2D eigenvalue weighted by atomic mass is 9.95. The average molecular weight is 473 g/mol. The fourth-order valence-electron chi connectivity index (χ4n) is 4.17. The second-order valence-electron chi connectivity index (χ2n) is 8.65. The first kappa shape index (κ1) is 23.3. The number of hydrogen-bond donors (Lipinski definition) is 3. The minimum atomic E-state index is -1.12. The van der Waals surface area contributed by atoms with Gasteiger partial charge in [-0.3, -0.25) is 13.8 Å². The van der Waals surface area contributed by atoms with Gasteiger partial charge in [0.2, 0.25) is 5.95 Å². The highest BCUT2D eigenvalue weighted by atomic mass is 19.1. The van der Waals surface area contributed by atoms with E-state index in [1.165, 1.54) is 22.9 Å². The van der Waals surface area contributed by atoms with Crippen LogP contribution >= 0.6 is 0 Å². The number of nitrogens with one attached hydrogen (secondary N) is 1. The molecule has 0 radical (unpaired) electrons. The number of nitrogens with zero attached hydrogens (tertiary/aromatic N) is 5. The maximum Gasteiger partial charge on any atom is 0.407 e. The number of benzene rings is 1. The van der Waals surface area contributed by atoms with Gasteiger partial charge in [0.05, 0.1) is 18.6 Å². The maximum atomic E-state index is 14.0. The van der Waals surface area contributed by atoms with E-state index in [9.17, 15) is 23.5 Å². The number of alkyl halides is 1. The standard InChI is InChI=1S/C22H25F2N7O3/c1-11(2)31-19-17(28-18(20(31)32)13-3-4-16(25)15(24)6-13)8-26-21(29-19)27-14-5-12(7-23)9-30(10-14)22(33)34/h3-4,6,8,11-12,14H,5,7,9-10,25H2,1-2H3,(H,33,34)(H,26,27,29)/t12-,14-/m0/s1. The lowest BCUT2D eigenvalue weighted by Crippen LogP contribution is -2.49. The number of fused-ring (bicyclic) bond motifs is 1. The molecule has 3 aromatic rings. The highest BCUT2D eigenvalue weighted by Crippen LogP contribution is 2.24. The molecule has 1 aromatic carbocycles. The van der Waals surface area contributed by atoms with E-state index in [0.717, 1.165) is 11.0 Å². The number of amides is 1. The summed E-state index contributed by atoms with van der Waals surface area (Å²) in [6.07, 6.45) is 0.734. The van der Waals surface area contributed by atoms with Crippen molar-refractivity contribution < 1.29 is 18.7 Å². The second-order valence-corrected chi connectivity index (χ2v) is 8.65. The zero-order valence-corrected chi connectivity index (χ0v) is 18.7. The Morgan fingerprint density at radius 1 is 1.32 bits per heavy atom. The van der Waals surface area contributed by atoms with E-state index >= 15 is 0 Å². The summed E-state index contributed by atoms with van der Waals surface area (Å²) in [6.45, 7) is 3.27. The van der Waals surface area contributed by atoms with E-state index < -0.39 is 36.1 Å². The van der Waals surface area contributed by atoms with Gasteiger partial charge >= 0.3 is 6.09 Å². The van der Waals surface area contributed by atoms with E-state index in [2.05, 4.69) is 20.3 Å². The quantitative estimate of drug-likeness (QED) is 0.481. The van der Waals surface area contributed by atoms with Gasteiger partial charge in [0, 0.05) is 36.7 Å². The topological polar surface area (TPSA) is 139 Å². The van der Waals surface area contributed by atoms with E-state index in [1.54, 1.807) is 13.8 Å². The number of nitrogen functional groups attached to an aromatic ring is 1. The molecule has 0 saturated carbocycles. The molecule has 1 saturated heterocycles. The molecule has 0 aliphatic carbocycles. The number of likely N-dealkylation sites (tertiary alicyclic amines) is 1. The first-order valence-electron chi connectivity index (χ1n) is 10.8. The van der Waals surface area contributed by atoms with Crippen molar-refractivity contribution in [2.24, 2.45) is 5.92 Å². The summed E-state index contributed by atoms with van der Waals surface area (Å²) < 4.78 is 28.7. The van der Waals surface area contributed by atoms with Crippen molar-refractivity contribution in [2.45, 2.75) is 32.4 Å². The molecule has 0 unspecified atom stereocenters. The van der Waals surface area contributed by atoms with Gasteiger partial charge in [-0.15, -0.1) is 0 Å². The molecule has 1 fully saturated rings. The van der Waals surface area contributed by atoms with Gasteiger partial charge < -0.3 is 21.1 Å². The first-order valence-corrected chi connectivity index (χ1v) is 10.8. The smallest absolute Gasteiger partial charge is 0.407 e. The van der Waals surface area contributed by atoms with Crippen LogP contribution in [0, 0.1) is 11.7 Å². The van der Waals surface area contributed by atoms with Crippen LogP contribution in [-0.2, 0) is 0 Å². The third-order valence-corrected chi connectivity index (χ3v) is 5.78. The van der Waals surface area contributed by atoms with E-state index in [4.69, 9.17) is 5.73 Å². The van der Waals surface area contributed by atoms with Gasteiger partial charge in [0.15, 0.2) is 5.65 Å². The number of carbonyl (C=O) groups is 1. The van der Waals surface area contributed by atoms with Crippen LogP contribution in [-0.4, -0.2) is 61.4 Å². The van der Waals surface area contributed by atoms with Crippen LogP contribution in [0.1, 0.15) is 26.3 Å². The summed E-state index contributed by atoms with van der Waals surface area (Å²) in [5.74, 6) is -0.912. The van der Waals surface area contributed by atoms with E-state index in [1.807, 2.05) is 0 Å². The molecule has 2 atom stereocenters. The highest BCUT2D eigenvalue weighted by molar-refractivity contribution is 5.75. The Labute approximate surface area is 193 Å². The number of hydrogen-bond acceptors (Lipinski definition) is 7. The molecule has 1 amide bonds. The number of rotatable bonds is 5. The summed E-state index contributed by atoms with van der Waals surface area (Å²) in [7, 11) is 0. The third kappa shape index (κ3) is 4.47. The number of nitrogens with two attached hydrogens (primary N) is 1. The zero-order chi connectivity index (χ0) is 24.6. The molecule has 34 heavy (non-hydrogen) atoms. The monoisotopic (exact) mass is 473 g/mol. The summed E-state index contributed by atoms with van der Waals surface area (Å²) in [5, 5.41) is 12.4. The molecular formula is C22H25F2N7O3. The number of halogens is 2. The van der Waals surface area contributed by atoms with Crippen molar-refractivity contribution in [3.63, 3.8) is 0 Å². The highest BCUT2D eigenvalue weighted by Gasteiger charge is 2.30. The van der Waals surface area contributed by atoms with Crippen LogP contribution < -0.4 is 16.6 Å². The number of piperidine rings is 1.